The van der Waals surface area contributed by atoms with Crippen LogP contribution in [0.1, 0.15) is 26.2 Å². The molecule has 0 spiro atoms. The summed E-state index contributed by atoms with van der Waals surface area (Å²) in [6.45, 7) is 4.51. The van der Waals surface area contributed by atoms with Crippen LogP contribution < -0.4 is 5.69 Å². The molecule has 3 rings (SSSR count). The van der Waals surface area contributed by atoms with E-state index in [1.165, 1.54) is 0 Å². The fourth-order valence-electron chi connectivity index (χ4n) is 2.91. The van der Waals surface area contributed by atoms with E-state index in [-0.39, 0.29) is 12.0 Å². The number of nitrogens with zero attached hydrogens (tertiary/aromatic N) is 2. The highest BCUT2D eigenvalue weighted by molar-refractivity contribution is 5.75. The molecule has 0 amide bonds. The molecule has 0 unspecified atom stereocenters. The Morgan fingerprint density at radius 2 is 2.00 bits per heavy atom. The minimum absolute atomic E-state index is 0.0341. The van der Waals surface area contributed by atoms with Crippen molar-refractivity contribution >= 4 is 11.0 Å². The van der Waals surface area contributed by atoms with E-state index < -0.39 is 0 Å². The topological polar surface area (TPSA) is 45.4 Å². The molecule has 2 heterocycles. The van der Waals surface area contributed by atoms with Gasteiger partial charge in [-0.05, 0) is 38.3 Å². The van der Waals surface area contributed by atoms with E-state index in [1.54, 1.807) is 9.13 Å². The lowest BCUT2D eigenvalue weighted by molar-refractivity contribution is -0.163. The summed E-state index contributed by atoms with van der Waals surface area (Å²) < 4.78 is 14.9. The molecule has 5 heteroatoms. The number of aryl methyl sites for hydroxylation is 1. The van der Waals surface area contributed by atoms with Gasteiger partial charge in [0.25, 0.3) is 0 Å². The Hall–Kier alpha value is -1.59. The number of imidazole rings is 1. The summed E-state index contributed by atoms with van der Waals surface area (Å²) in [5, 5.41) is 0. The van der Waals surface area contributed by atoms with Crippen LogP contribution in [0.15, 0.2) is 29.1 Å². The quantitative estimate of drug-likeness (QED) is 0.849. The van der Waals surface area contributed by atoms with Gasteiger partial charge >= 0.3 is 5.69 Å². The summed E-state index contributed by atoms with van der Waals surface area (Å²) in [5.74, 6) is 0. The Bertz CT molecular complexity index is 653. The molecule has 21 heavy (non-hydrogen) atoms. The average Bonchev–Trinajstić information content (AvgIpc) is 2.80. The van der Waals surface area contributed by atoms with E-state index in [0.717, 1.165) is 36.9 Å². The van der Waals surface area contributed by atoms with E-state index in [2.05, 4.69) is 0 Å². The Balaban J connectivity index is 1.74. The van der Waals surface area contributed by atoms with Crippen molar-refractivity contribution in [1.29, 1.82) is 0 Å². The molecule has 0 N–H and O–H groups in total. The first-order valence-corrected chi connectivity index (χ1v) is 7.72. The second-order valence-electron chi connectivity index (χ2n) is 5.33. The summed E-state index contributed by atoms with van der Waals surface area (Å²) in [6, 6.07) is 7.90. The largest absolute Gasteiger partial charge is 0.353 e. The summed E-state index contributed by atoms with van der Waals surface area (Å²) in [7, 11) is 0. The number of fused-ring (bicyclic) bond motifs is 1. The van der Waals surface area contributed by atoms with Gasteiger partial charge in [-0.2, -0.15) is 0 Å². The number of ether oxygens (including phenoxy) is 2. The molecule has 1 aliphatic rings. The number of benzene rings is 1. The zero-order chi connectivity index (χ0) is 14.7. The monoisotopic (exact) mass is 290 g/mol. The van der Waals surface area contributed by atoms with Crippen LogP contribution in [0.3, 0.4) is 0 Å². The van der Waals surface area contributed by atoms with Gasteiger partial charge in [-0.25, -0.2) is 4.79 Å². The summed E-state index contributed by atoms with van der Waals surface area (Å²) in [5.41, 5.74) is 1.99. The fraction of sp³-hybridized carbons (Fsp3) is 0.562. The number of rotatable bonds is 5. The maximum absolute atomic E-state index is 12.4. The third kappa shape index (κ3) is 2.89. The molecule has 1 atom stereocenters. The van der Waals surface area contributed by atoms with Crippen LogP contribution >= 0.6 is 0 Å². The van der Waals surface area contributed by atoms with Crippen molar-refractivity contribution < 1.29 is 9.47 Å². The zero-order valence-electron chi connectivity index (χ0n) is 12.5. The lowest BCUT2D eigenvalue weighted by Gasteiger charge is -2.22. The lowest BCUT2D eigenvalue weighted by atomic mass is 10.2. The van der Waals surface area contributed by atoms with Gasteiger partial charge in [0.15, 0.2) is 6.29 Å². The molecule has 5 nitrogen and oxygen atoms in total. The van der Waals surface area contributed by atoms with Crippen LogP contribution in [0.4, 0.5) is 0 Å². The summed E-state index contributed by atoms with van der Waals surface area (Å²) in [4.78, 5) is 12.4. The van der Waals surface area contributed by atoms with Crippen LogP contribution in [0.25, 0.3) is 11.0 Å². The number of aromatic nitrogens is 2. The minimum atomic E-state index is -0.103. The van der Waals surface area contributed by atoms with Crippen molar-refractivity contribution in [2.45, 2.75) is 45.6 Å². The molecular formula is C16H22N2O3. The Morgan fingerprint density at radius 3 is 2.67 bits per heavy atom. The van der Waals surface area contributed by atoms with Gasteiger partial charge in [0, 0.05) is 13.2 Å². The molecule has 0 aliphatic carbocycles. The third-order valence-corrected chi connectivity index (χ3v) is 4.00. The van der Waals surface area contributed by atoms with Crippen molar-refractivity contribution in [3.05, 3.63) is 34.7 Å². The van der Waals surface area contributed by atoms with Crippen LogP contribution in [0, 0.1) is 0 Å². The third-order valence-electron chi connectivity index (χ3n) is 4.00. The second kappa shape index (κ2) is 6.45. The maximum atomic E-state index is 12.4. The standard InChI is InChI=1S/C16H22N2O3/c1-2-17-13-7-3-4-8-14(13)18(16(17)19)10-12-21-15-9-5-6-11-20-15/h3-4,7-8,15H,2,5-6,9-12H2,1H3/t15-/m1/s1. The van der Waals surface area contributed by atoms with Crippen molar-refractivity contribution in [2.75, 3.05) is 13.2 Å². The van der Waals surface area contributed by atoms with Crippen molar-refractivity contribution in [3.63, 3.8) is 0 Å². The predicted molar refractivity (Wildman–Crippen MR) is 81.4 cm³/mol. The van der Waals surface area contributed by atoms with Crippen LogP contribution in [0.5, 0.6) is 0 Å². The number of hydrogen-bond donors (Lipinski definition) is 0. The van der Waals surface area contributed by atoms with Gasteiger partial charge in [0.05, 0.1) is 24.2 Å². The average molecular weight is 290 g/mol. The van der Waals surface area contributed by atoms with E-state index in [1.807, 2.05) is 31.2 Å². The summed E-state index contributed by atoms with van der Waals surface area (Å²) in [6.07, 6.45) is 3.11. The zero-order valence-corrected chi connectivity index (χ0v) is 12.5. The highest BCUT2D eigenvalue weighted by atomic mass is 16.7. The van der Waals surface area contributed by atoms with Crippen molar-refractivity contribution in [1.82, 2.24) is 9.13 Å². The molecule has 1 aromatic heterocycles. The highest BCUT2D eigenvalue weighted by Crippen LogP contribution is 2.15. The van der Waals surface area contributed by atoms with Gasteiger partial charge in [0.2, 0.25) is 0 Å². The smallest absolute Gasteiger partial charge is 0.329 e. The van der Waals surface area contributed by atoms with E-state index >= 15 is 0 Å². The first-order valence-electron chi connectivity index (χ1n) is 7.72. The van der Waals surface area contributed by atoms with Gasteiger partial charge < -0.3 is 9.47 Å². The Labute approximate surface area is 124 Å². The molecule has 2 aromatic rings. The maximum Gasteiger partial charge on any atom is 0.329 e. The van der Waals surface area contributed by atoms with E-state index in [0.29, 0.717) is 19.7 Å². The van der Waals surface area contributed by atoms with Gasteiger partial charge in [-0.15, -0.1) is 0 Å². The molecule has 1 aromatic carbocycles. The highest BCUT2D eigenvalue weighted by Gasteiger charge is 2.15. The van der Waals surface area contributed by atoms with Crippen LogP contribution in [-0.4, -0.2) is 28.6 Å². The minimum Gasteiger partial charge on any atom is -0.353 e. The Morgan fingerprint density at radius 1 is 1.24 bits per heavy atom. The van der Waals surface area contributed by atoms with Gasteiger partial charge in [-0.1, -0.05) is 12.1 Å². The van der Waals surface area contributed by atoms with E-state index in [9.17, 15) is 4.79 Å². The summed E-state index contributed by atoms with van der Waals surface area (Å²) >= 11 is 0. The van der Waals surface area contributed by atoms with Crippen LogP contribution in [0.2, 0.25) is 0 Å². The molecule has 0 radical (unpaired) electrons. The predicted octanol–water partition coefficient (Wildman–Crippen LogP) is 2.37. The van der Waals surface area contributed by atoms with E-state index in [4.69, 9.17) is 9.47 Å². The lowest BCUT2D eigenvalue weighted by Crippen LogP contribution is -2.28. The molecule has 0 saturated carbocycles. The Kier molecular flexibility index (Phi) is 4.41. The molecular weight excluding hydrogens is 268 g/mol. The molecule has 1 fully saturated rings. The normalized spacial score (nSPS) is 19.2. The molecule has 114 valence electrons. The second-order valence-corrected chi connectivity index (χ2v) is 5.33. The first-order chi connectivity index (χ1) is 10.3. The molecule has 0 bridgehead atoms. The fourth-order valence-corrected chi connectivity index (χ4v) is 2.91. The van der Waals surface area contributed by atoms with Gasteiger partial charge in [-0.3, -0.25) is 9.13 Å². The van der Waals surface area contributed by atoms with Crippen LogP contribution in [-0.2, 0) is 22.6 Å². The number of para-hydroxylation sites is 2. The van der Waals surface area contributed by atoms with Crippen molar-refractivity contribution in [3.8, 4) is 0 Å². The number of hydrogen-bond acceptors (Lipinski definition) is 3. The van der Waals surface area contributed by atoms with Crippen molar-refractivity contribution in [2.24, 2.45) is 0 Å². The first kappa shape index (κ1) is 14.4. The molecule has 1 saturated heterocycles. The van der Waals surface area contributed by atoms with Gasteiger partial charge in [0.1, 0.15) is 0 Å². The SMILES string of the molecule is CCn1c(=O)n(CCO[C@@H]2CCCCO2)c2ccccc21. The molecule has 1 aliphatic heterocycles.